The molecule has 0 radical (unpaired) electrons. The maximum atomic E-state index is 11.9. The van der Waals surface area contributed by atoms with Gasteiger partial charge in [0.2, 0.25) is 0 Å². The van der Waals surface area contributed by atoms with Crippen LogP contribution in [-0.2, 0) is 9.53 Å². The predicted octanol–water partition coefficient (Wildman–Crippen LogP) is 1.70. The van der Waals surface area contributed by atoms with Gasteiger partial charge in [0.1, 0.15) is 0 Å². The third kappa shape index (κ3) is 5.77. The van der Waals surface area contributed by atoms with E-state index in [9.17, 15) is 9.59 Å². The minimum absolute atomic E-state index is 0.0826. The molecule has 1 atom stereocenters. The molecule has 1 aliphatic heterocycles. The molecule has 6 heteroatoms. The summed E-state index contributed by atoms with van der Waals surface area (Å²) in [5.74, 6) is -0.775. The number of likely N-dealkylation sites (N-methyl/N-ethyl adjacent to an activating group) is 1. The Morgan fingerprint density at radius 3 is 2.65 bits per heavy atom. The van der Waals surface area contributed by atoms with E-state index in [1.165, 1.54) is 0 Å². The second-order valence-corrected chi connectivity index (χ2v) is 6.17. The summed E-state index contributed by atoms with van der Waals surface area (Å²) in [5.41, 5.74) is -0.0826. The molecule has 0 aromatic rings. The summed E-state index contributed by atoms with van der Waals surface area (Å²) in [6.07, 6.45) is 2.43. The fourth-order valence-electron chi connectivity index (χ4n) is 2.20. The van der Waals surface area contributed by atoms with Crippen molar-refractivity contribution in [3.8, 4) is 0 Å². The highest BCUT2D eigenvalue weighted by Gasteiger charge is 2.24. The number of nitrogens with zero attached hydrogens (tertiary/aromatic N) is 1. The van der Waals surface area contributed by atoms with Crippen LogP contribution in [0.2, 0.25) is 0 Å². The molecule has 0 spiro atoms. The smallest absolute Gasteiger partial charge is 0.317 e. The van der Waals surface area contributed by atoms with Crippen molar-refractivity contribution in [3.63, 3.8) is 0 Å². The molecule has 6 nitrogen and oxygen atoms in total. The molecule has 1 saturated heterocycles. The summed E-state index contributed by atoms with van der Waals surface area (Å²) >= 11 is 0. The number of ether oxygens (including phenoxy) is 1. The normalized spacial score (nSPS) is 18.9. The van der Waals surface area contributed by atoms with Crippen molar-refractivity contribution in [1.29, 1.82) is 0 Å². The molecule has 116 valence electrons. The first-order valence-electron chi connectivity index (χ1n) is 7.12. The van der Waals surface area contributed by atoms with E-state index in [2.05, 4.69) is 5.32 Å². The molecular weight excluding hydrogens is 260 g/mol. The van der Waals surface area contributed by atoms with Crippen LogP contribution in [0.4, 0.5) is 4.79 Å². The van der Waals surface area contributed by atoms with Gasteiger partial charge in [-0.25, -0.2) is 4.79 Å². The number of hydrogen-bond donors (Lipinski definition) is 2. The number of amides is 2. The molecule has 2 N–H and O–H groups in total. The third-order valence-electron chi connectivity index (χ3n) is 3.87. The van der Waals surface area contributed by atoms with Crippen LogP contribution in [0.15, 0.2) is 0 Å². The Hall–Kier alpha value is -1.30. The summed E-state index contributed by atoms with van der Waals surface area (Å²) in [5, 5.41) is 11.6. The van der Waals surface area contributed by atoms with Crippen molar-refractivity contribution in [2.75, 3.05) is 26.8 Å². The SMILES string of the molecule is CN(C(=O)NCCC(C)(C)CCC(=O)O)C1CCOC1. The van der Waals surface area contributed by atoms with Crippen molar-refractivity contribution in [1.82, 2.24) is 10.2 Å². The first-order chi connectivity index (χ1) is 9.32. The molecule has 0 aromatic carbocycles. The van der Waals surface area contributed by atoms with Gasteiger partial charge in [-0.1, -0.05) is 13.8 Å². The zero-order valence-electron chi connectivity index (χ0n) is 12.6. The fraction of sp³-hybridized carbons (Fsp3) is 0.857. The fourth-order valence-corrected chi connectivity index (χ4v) is 2.20. The van der Waals surface area contributed by atoms with Gasteiger partial charge >= 0.3 is 12.0 Å². The lowest BCUT2D eigenvalue weighted by Crippen LogP contribution is -2.44. The van der Waals surface area contributed by atoms with E-state index in [4.69, 9.17) is 9.84 Å². The number of carbonyl (C=O) groups excluding carboxylic acids is 1. The number of aliphatic carboxylic acids is 1. The zero-order chi connectivity index (χ0) is 15.2. The molecule has 0 bridgehead atoms. The van der Waals surface area contributed by atoms with Crippen molar-refractivity contribution in [2.24, 2.45) is 5.41 Å². The molecule has 1 aliphatic rings. The van der Waals surface area contributed by atoms with Crippen LogP contribution in [0.3, 0.4) is 0 Å². The van der Waals surface area contributed by atoms with Gasteiger partial charge in [-0.15, -0.1) is 0 Å². The number of carboxylic acid groups (broad SMARTS) is 1. The van der Waals surface area contributed by atoms with E-state index in [-0.39, 0.29) is 23.9 Å². The Morgan fingerprint density at radius 1 is 1.40 bits per heavy atom. The van der Waals surface area contributed by atoms with Crippen molar-refractivity contribution in [2.45, 2.75) is 45.6 Å². The van der Waals surface area contributed by atoms with Gasteiger partial charge in [-0.05, 0) is 24.7 Å². The minimum atomic E-state index is -0.775. The lowest BCUT2D eigenvalue weighted by Gasteiger charge is -2.26. The summed E-state index contributed by atoms with van der Waals surface area (Å²) in [4.78, 5) is 24.2. The first kappa shape index (κ1) is 16.8. The van der Waals surface area contributed by atoms with Crippen LogP contribution in [0.1, 0.15) is 39.5 Å². The standard InChI is InChI=1S/C14H26N2O4/c1-14(2,6-4-12(17)18)7-8-15-13(19)16(3)11-5-9-20-10-11/h11H,4-10H2,1-3H3,(H,15,19)(H,17,18). The minimum Gasteiger partial charge on any atom is -0.481 e. The Labute approximate surface area is 120 Å². The van der Waals surface area contributed by atoms with Crippen LogP contribution < -0.4 is 5.32 Å². The van der Waals surface area contributed by atoms with Crippen LogP contribution >= 0.6 is 0 Å². The number of carbonyl (C=O) groups is 2. The summed E-state index contributed by atoms with van der Waals surface area (Å²) in [6, 6.07) is 0.0737. The first-order valence-corrected chi connectivity index (χ1v) is 7.12. The predicted molar refractivity (Wildman–Crippen MR) is 75.7 cm³/mol. The van der Waals surface area contributed by atoms with E-state index < -0.39 is 5.97 Å². The van der Waals surface area contributed by atoms with Gasteiger partial charge in [0.25, 0.3) is 0 Å². The summed E-state index contributed by atoms with van der Waals surface area (Å²) in [7, 11) is 1.78. The van der Waals surface area contributed by atoms with Gasteiger partial charge in [0, 0.05) is 26.6 Å². The lowest BCUT2D eigenvalue weighted by atomic mass is 9.84. The second kappa shape index (κ2) is 7.47. The number of carboxylic acids is 1. The van der Waals surface area contributed by atoms with Crippen LogP contribution in [0, 0.1) is 5.41 Å². The molecule has 0 aliphatic carbocycles. The largest absolute Gasteiger partial charge is 0.481 e. The maximum Gasteiger partial charge on any atom is 0.317 e. The van der Waals surface area contributed by atoms with E-state index in [1.54, 1.807) is 11.9 Å². The van der Waals surface area contributed by atoms with Gasteiger partial charge in [0.05, 0.1) is 12.6 Å². The van der Waals surface area contributed by atoms with Crippen LogP contribution in [0.25, 0.3) is 0 Å². The quantitative estimate of drug-likeness (QED) is 0.746. The van der Waals surface area contributed by atoms with E-state index in [0.29, 0.717) is 26.2 Å². The van der Waals surface area contributed by atoms with Crippen LogP contribution in [0.5, 0.6) is 0 Å². The Bertz CT molecular complexity index is 338. The van der Waals surface area contributed by atoms with Gasteiger partial charge in [0.15, 0.2) is 0 Å². The number of nitrogens with one attached hydrogen (secondary N) is 1. The molecule has 1 rings (SSSR count). The van der Waals surface area contributed by atoms with E-state index >= 15 is 0 Å². The van der Waals surface area contributed by atoms with Gasteiger partial charge in [-0.2, -0.15) is 0 Å². The topological polar surface area (TPSA) is 78.9 Å². The monoisotopic (exact) mass is 286 g/mol. The highest BCUT2D eigenvalue weighted by molar-refractivity contribution is 5.74. The zero-order valence-corrected chi connectivity index (χ0v) is 12.6. The molecule has 0 saturated carbocycles. The van der Waals surface area contributed by atoms with E-state index in [1.807, 2.05) is 13.8 Å². The second-order valence-electron chi connectivity index (χ2n) is 6.17. The van der Waals surface area contributed by atoms with Crippen LogP contribution in [-0.4, -0.2) is 54.9 Å². The molecule has 1 unspecified atom stereocenters. The third-order valence-corrected chi connectivity index (χ3v) is 3.87. The number of hydrogen-bond acceptors (Lipinski definition) is 3. The highest BCUT2D eigenvalue weighted by Crippen LogP contribution is 2.26. The van der Waals surface area contributed by atoms with Crippen molar-refractivity contribution >= 4 is 12.0 Å². The molecule has 20 heavy (non-hydrogen) atoms. The Balaban J connectivity index is 2.24. The summed E-state index contributed by atoms with van der Waals surface area (Å²) < 4.78 is 5.26. The average Bonchev–Trinajstić information content (AvgIpc) is 2.89. The highest BCUT2D eigenvalue weighted by atomic mass is 16.5. The van der Waals surface area contributed by atoms with Gasteiger partial charge in [-0.3, -0.25) is 4.79 Å². The molecule has 0 aromatic heterocycles. The average molecular weight is 286 g/mol. The van der Waals surface area contributed by atoms with Gasteiger partial charge < -0.3 is 20.1 Å². The number of rotatable bonds is 7. The molecular formula is C14H26N2O4. The maximum absolute atomic E-state index is 11.9. The molecule has 1 fully saturated rings. The molecule has 1 heterocycles. The summed E-state index contributed by atoms with van der Waals surface area (Å²) in [6.45, 7) is 5.93. The Morgan fingerprint density at radius 2 is 2.10 bits per heavy atom. The van der Waals surface area contributed by atoms with Crippen molar-refractivity contribution < 1.29 is 19.4 Å². The molecule has 2 amide bonds. The Kier molecular flexibility index (Phi) is 6.26. The lowest BCUT2D eigenvalue weighted by molar-refractivity contribution is -0.137. The van der Waals surface area contributed by atoms with E-state index in [0.717, 1.165) is 12.8 Å². The number of urea groups is 1. The van der Waals surface area contributed by atoms with Crippen molar-refractivity contribution in [3.05, 3.63) is 0 Å².